The van der Waals surface area contributed by atoms with E-state index in [2.05, 4.69) is 43.4 Å². The second kappa shape index (κ2) is 4.47. The van der Waals surface area contributed by atoms with Gasteiger partial charge in [0.2, 0.25) is 0 Å². The van der Waals surface area contributed by atoms with Crippen LogP contribution < -0.4 is 5.19 Å². The Morgan fingerprint density at radius 1 is 1.00 bits per heavy atom. The molecule has 1 rings (SSSR count). The van der Waals surface area contributed by atoms with Gasteiger partial charge in [0.25, 0.3) is 0 Å². The van der Waals surface area contributed by atoms with Gasteiger partial charge < -0.3 is 0 Å². The van der Waals surface area contributed by atoms with Gasteiger partial charge in [-0.25, -0.2) is 0 Å². The van der Waals surface area contributed by atoms with E-state index in [0.717, 1.165) is 0 Å². The van der Waals surface area contributed by atoms with Crippen molar-refractivity contribution in [2.75, 3.05) is 0 Å². The first-order valence-electron chi connectivity index (χ1n) is 3.35. The molecular formula is C8H16Si2. The Morgan fingerprint density at radius 3 is 1.80 bits per heavy atom. The van der Waals surface area contributed by atoms with E-state index < -0.39 is 8.80 Å². The van der Waals surface area contributed by atoms with E-state index in [4.69, 9.17) is 0 Å². The van der Waals surface area contributed by atoms with E-state index in [1.807, 2.05) is 0 Å². The van der Waals surface area contributed by atoms with Crippen molar-refractivity contribution in [2.45, 2.75) is 13.1 Å². The minimum absolute atomic E-state index is 0. The average Bonchev–Trinajstić information content (AvgIpc) is 1.90. The third kappa shape index (κ3) is 2.50. The summed E-state index contributed by atoms with van der Waals surface area (Å²) in [6, 6.07) is 10.7. The first-order chi connectivity index (χ1) is 4.30. The van der Waals surface area contributed by atoms with Crippen LogP contribution >= 0.6 is 0 Å². The van der Waals surface area contributed by atoms with Crippen LogP contribution in [-0.4, -0.2) is 19.8 Å². The van der Waals surface area contributed by atoms with Crippen molar-refractivity contribution in [3.8, 4) is 0 Å². The minimum atomic E-state index is -0.529. The van der Waals surface area contributed by atoms with Crippen LogP contribution in [0.4, 0.5) is 0 Å². The van der Waals surface area contributed by atoms with Crippen LogP contribution in [0.5, 0.6) is 0 Å². The Balaban J connectivity index is 0.000000810. The molecule has 0 aromatic heterocycles. The Hall–Kier alpha value is -0.346. The first kappa shape index (κ1) is 9.65. The molecule has 0 atom stereocenters. The van der Waals surface area contributed by atoms with Gasteiger partial charge in [-0.05, 0) is 11.0 Å². The maximum absolute atomic E-state index is 2.34. The quantitative estimate of drug-likeness (QED) is 0.515. The highest BCUT2D eigenvalue weighted by Crippen LogP contribution is 1.85. The van der Waals surface area contributed by atoms with Crippen LogP contribution in [0.25, 0.3) is 0 Å². The van der Waals surface area contributed by atoms with Gasteiger partial charge in [-0.1, -0.05) is 48.6 Å². The molecule has 0 aliphatic carbocycles. The van der Waals surface area contributed by atoms with Crippen LogP contribution in [0.15, 0.2) is 30.3 Å². The molecule has 0 radical (unpaired) electrons. The SMILES string of the molecule is C[SiH](C)c1ccccc1.[SiH4]. The smallest absolute Gasteiger partial charge is 0.0647 e. The molecule has 0 bridgehead atoms. The highest BCUT2D eigenvalue weighted by atomic mass is 28.3. The topological polar surface area (TPSA) is 0 Å². The van der Waals surface area contributed by atoms with E-state index >= 15 is 0 Å². The molecule has 0 unspecified atom stereocenters. The van der Waals surface area contributed by atoms with Crippen molar-refractivity contribution >= 4 is 24.9 Å². The number of rotatable bonds is 1. The molecule has 0 spiro atoms. The lowest BCUT2D eigenvalue weighted by atomic mass is 10.4. The molecule has 0 nitrogen and oxygen atoms in total. The number of hydrogen-bond donors (Lipinski definition) is 0. The van der Waals surface area contributed by atoms with Crippen molar-refractivity contribution in [2.24, 2.45) is 0 Å². The maximum Gasteiger partial charge on any atom is 0.0647 e. The van der Waals surface area contributed by atoms with E-state index in [1.54, 1.807) is 5.19 Å². The molecule has 10 heavy (non-hydrogen) atoms. The summed E-state index contributed by atoms with van der Waals surface area (Å²) in [5, 5.41) is 1.55. The molecule has 0 saturated carbocycles. The molecule has 0 aliphatic heterocycles. The third-order valence-corrected chi connectivity index (χ3v) is 3.18. The lowest BCUT2D eigenvalue weighted by Crippen LogP contribution is -2.21. The normalized spacial score (nSPS) is 9.10. The fourth-order valence-electron chi connectivity index (χ4n) is 0.838. The van der Waals surface area contributed by atoms with Crippen molar-refractivity contribution in [1.82, 2.24) is 0 Å². The Kier molecular flexibility index (Phi) is 4.31. The zero-order valence-electron chi connectivity index (χ0n) is 5.96. The Labute approximate surface area is 68.9 Å². The molecule has 1 aromatic rings. The molecule has 0 saturated heterocycles. The monoisotopic (exact) mass is 168 g/mol. The number of benzene rings is 1. The van der Waals surface area contributed by atoms with Gasteiger partial charge in [-0.15, -0.1) is 0 Å². The summed E-state index contributed by atoms with van der Waals surface area (Å²) in [7, 11) is -0.529. The summed E-state index contributed by atoms with van der Waals surface area (Å²) < 4.78 is 0. The largest absolute Gasteiger partial charge is 0.0682 e. The van der Waals surface area contributed by atoms with Crippen LogP contribution in [0.2, 0.25) is 13.1 Å². The van der Waals surface area contributed by atoms with Crippen molar-refractivity contribution in [3.05, 3.63) is 30.3 Å². The van der Waals surface area contributed by atoms with Gasteiger partial charge in [-0.3, -0.25) is 0 Å². The van der Waals surface area contributed by atoms with Crippen LogP contribution in [-0.2, 0) is 0 Å². The summed E-state index contributed by atoms with van der Waals surface area (Å²) in [5.41, 5.74) is 0. The molecule has 0 fully saturated rings. The van der Waals surface area contributed by atoms with E-state index in [-0.39, 0.29) is 11.0 Å². The van der Waals surface area contributed by atoms with Crippen LogP contribution in [0.3, 0.4) is 0 Å². The summed E-state index contributed by atoms with van der Waals surface area (Å²) in [6.45, 7) is 4.69. The molecule has 2 heteroatoms. The third-order valence-electron chi connectivity index (χ3n) is 1.47. The van der Waals surface area contributed by atoms with Gasteiger partial charge in [0.1, 0.15) is 0 Å². The number of hydrogen-bond acceptors (Lipinski definition) is 0. The Bertz CT molecular complexity index is 170. The fraction of sp³-hybridized carbons (Fsp3) is 0.250. The summed E-state index contributed by atoms with van der Waals surface area (Å²) in [4.78, 5) is 0. The van der Waals surface area contributed by atoms with Gasteiger partial charge in [0.05, 0.1) is 8.80 Å². The highest BCUT2D eigenvalue weighted by molar-refractivity contribution is 6.70. The van der Waals surface area contributed by atoms with Crippen molar-refractivity contribution < 1.29 is 0 Å². The molecule has 0 heterocycles. The highest BCUT2D eigenvalue weighted by Gasteiger charge is 1.95. The predicted octanol–water partition coefficient (Wildman–Crippen LogP) is -0.0713. The average molecular weight is 168 g/mol. The molecular weight excluding hydrogens is 152 g/mol. The lowest BCUT2D eigenvalue weighted by molar-refractivity contribution is 1.74. The fourth-order valence-corrected chi connectivity index (χ4v) is 1.83. The van der Waals surface area contributed by atoms with Gasteiger partial charge in [0.15, 0.2) is 0 Å². The summed E-state index contributed by atoms with van der Waals surface area (Å²) >= 11 is 0. The van der Waals surface area contributed by atoms with Gasteiger partial charge in [0, 0.05) is 0 Å². The lowest BCUT2D eigenvalue weighted by Gasteiger charge is -1.99. The van der Waals surface area contributed by atoms with E-state index in [0.29, 0.717) is 0 Å². The maximum atomic E-state index is 2.34. The molecule has 1 aromatic carbocycles. The van der Waals surface area contributed by atoms with E-state index in [9.17, 15) is 0 Å². The van der Waals surface area contributed by atoms with Crippen LogP contribution in [0.1, 0.15) is 0 Å². The zero-order chi connectivity index (χ0) is 6.69. The second-order valence-corrected chi connectivity index (χ2v) is 5.54. The van der Waals surface area contributed by atoms with Crippen molar-refractivity contribution in [1.29, 1.82) is 0 Å². The standard InChI is InChI=1S/C8H12Si.H4Si/c1-9(2)8-6-4-3-5-7-8;/h3-7,9H,1-2H3;1H4. The minimum Gasteiger partial charge on any atom is -0.0682 e. The molecule has 56 valence electrons. The second-order valence-electron chi connectivity index (χ2n) is 2.57. The Morgan fingerprint density at radius 2 is 1.50 bits per heavy atom. The summed E-state index contributed by atoms with van der Waals surface area (Å²) in [5.74, 6) is 0. The molecule has 0 amide bonds. The molecule has 0 N–H and O–H groups in total. The zero-order valence-corrected chi connectivity index (χ0v) is 7.12. The molecule has 0 aliphatic rings. The summed E-state index contributed by atoms with van der Waals surface area (Å²) in [6.07, 6.45) is 0. The first-order valence-corrected chi connectivity index (χ1v) is 6.24. The van der Waals surface area contributed by atoms with Crippen LogP contribution in [0, 0.1) is 0 Å². The van der Waals surface area contributed by atoms with Gasteiger partial charge in [-0.2, -0.15) is 0 Å². The van der Waals surface area contributed by atoms with Gasteiger partial charge >= 0.3 is 0 Å². The van der Waals surface area contributed by atoms with E-state index in [1.165, 1.54) is 0 Å². The van der Waals surface area contributed by atoms with Crippen molar-refractivity contribution in [3.63, 3.8) is 0 Å². The predicted molar refractivity (Wildman–Crippen MR) is 56.3 cm³/mol.